The van der Waals surface area contributed by atoms with E-state index in [4.69, 9.17) is 4.74 Å². The van der Waals surface area contributed by atoms with Crippen molar-refractivity contribution in [3.05, 3.63) is 12.2 Å². The second kappa shape index (κ2) is 13.7. The predicted octanol–water partition coefficient (Wildman–Crippen LogP) is 3.92. The number of hydrogen-bond acceptors (Lipinski definition) is 2. The van der Waals surface area contributed by atoms with E-state index in [2.05, 4.69) is 25.7 Å². The Balaban J connectivity index is 3.08. The van der Waals surface area contributed by atoms with Gasteiger partial charge in [-0.25, -0.2) is 0 Å². The van der Waals surface area contributed by atoms with Gasteiger partial charge < -0.3 is 10.1 Å². The fourth-order valence-electron chi connectivity index (χ4n) is 1.69. The molecule has 1 N–H and O–H groups in total. The number of hydrogen-bond donors (Lipinski definition) is 1. The molecule has 0 unspecified atom stereocenters. The van der Waals surface area contributed by atoms with Gasteiger partial charge in [0, 0.05) is 13.2 Å². The van der Waals surface area contributed by atoms with Gasteiger partial charge in [-0.3, -0.25) is 0 Å². The summed E-state index contributed by atoms with van der Waals surface area (Å²) in [6.45, 7) is 12.0. The summed E-state index contributed by atoms with van der Waals surface area (Å²) in [5.74, 6) is 0. The molecule has 0 aliphatic rings. The normalized spacial score (nSPS) is 10.7. The monoisotopic (exact) mass is 241 g/mol. The van der Waals surface area contributed by atoms with E-state index in [0.717, 1.165) is 25.3 Å². The summed E-state index contributed by atoms with van der Waals surface area (Å²) in [4.78, 5) is 0. The third-order valence-electron chi connectivity index (χ3n) is 2.75. The van der Waals surface area contributed by atoms with Crippen LogP contribution in [0.25, 0.3) is 0 Å². The average molecular weight is 241 g/mol. The highest BCUT2D eigenvalue weighted by Gasteiger charge is 1.95. The summed E-state index contributed by atoms with van der Waals surface area (Å²) in [5, 5.41) is 3.33. The van der Waals surface area contributed by atoms with Gasteiger partial charge in [0.15, 0.2) is 0 Å². The smallest absolute Gasteiger partial charge is 0.0686 e. The standard InChI is InChI=1S/C15H31NO/c1-4-6-7-8-9-10-12-17-14-15(3)13-16-11-5-2/h16H,3-14H2,1-2H3. The number of unbranched alkanes of at least 4 members (excludes halogenated alkanes) is 5. The molecule has 0 heterocycles. The molecule has 102 valence electrons. The maximum absolute atomic E-state index is 5.59. The number of nitrogens with one attached hydrogen (secondary N) is 1. The quantitative estimate of drug-likeness (QED) is 0.390. The minimum absolute atomic E-state index is 0.714. The summed E-state index contributed by atoms with van der Waals surface area (Å²) in [5.41, 5.74) is 1.16. The van der Waals surface area contributed by atoms with Crippen molar-refractivity contribution >= 4 is 0 Å². The van der Waals surface area contributed by atoms with Crippen molar-refractivity contribution in [2.24, 2.45) is 0 Å². The van der Waals surface area contributed by atoms with Crippen molar-refractivity contribution in [1.82, 2.24) is 5.32 Å². The molecule has 0 bridgehead atoms. The minimum atomic E-state index is 0.714. The molecular formula is C15H31NO. The molecular weight excluding hydrogens is 210 g/mol. The fourth-order valence-corrected chi connectivity index (χ4v) is 1.69. The van der Waals surface area contributed by atoms with Gasteiger partial charge >= 0.3 is 0 Å². The van der Waals surface area contributed by atoms with Gasteiger partial charge in [-0.05, 0) is 25.0 Å². The Bertz CT molecular complexity index is 168. The van der Waals surface area contributed by atoms with Crippen LogP contribution in [0.15, 0.2) is 12.2 Å². The lowest BCUT2D eigenvalue weighted by atomic mass is 10.1. The first-order valence-corrected chi connectivity index (χ1v) is 7.26. The highest BCUT2D eigenvalue weighted by atomic mass is 16.5. The van der Waals surface area contributed by atoms with Gasteiger partial charge in [0.25, 0.3) is 0 Å². The van der Waals surface area contributed by atoms with Crippen LogP contribution in [0.1, 0.15) is 58.8 Å². The third-order valence-corrected chi connectivity index (χ3v) is 2.75. The molecule has 0 spiro atoms. The first-order valence-electron chi connectivity index (χ1n) is 7.26. The van der Waals surface area contributed by atoms with E-state index in [1.165, 1.54) is 44.9 Å². The second-order valence-corrected chi connectivity index (χ2v) is 4.75. The number of rotatable bonds is 13. The molecule has 0 aromatic carbocycles. The summed E-state index contributed by atoms with van der Waals surface area (Å²) in [6.07, 6.45) is 9.11. The van der Waals surface area contributed by atoms with Crippen LogP contribution in [-0.2, 0) is 4.74 Å². The molecule has 0 rings (SSSR count). The van der Waals surface area contributed by atoms with Gasteiger partial charge in [-0.15, -0.1) is 0 Å². The van der Waals surface area contributed by atoms with Gasteiger partial charge in [0.1, 0.15) is 0 Å². The maximum atomic E-state index is 5.59. The zero-order valence-electron chi connectivity index (χ0n) is 11.9. The van der Waals surface area contributed by atoms with Crippen molar-refractivity contribution in [1.29, 1.82) is 0 Å². The molecule has 0 aliphatic carbocycles. The molecule has 0 saturated heterocycles. The van der Waals surface area contributed by atoms with Crippen molar-refractivity contribution in [2.45, 2.75) is 58.8 Å². The predicted molar refractivity (Wildman–Crippen MR) is 76.5 cm³/mol. The highest BCUT2D eigenvalue weighted by Crippen LogP contribution is 2.05. The molecule has 0 fully saturated rings. The van der Waals surface area contributed by atoms with Crippen molar-refractivity contribution < 1.29 is 4.74 Å². The van der Waals surface area contributed by atoms with Crippen molar-refractivity contribution in [3.8, 4) is 0 Å². The van der Waals surface area contributed by atoms with Crippen LogP contribution in [0.3, 0.4) is 0 Å². The van der Waals surface area contributed by atoms with Gasteiger partial charge in [-0.1, -0.05) is 52.5 Å². The Morgan fingerprint density at radius 2 is 1.71 bits per heavy atom. The lowest BCUT2D eigenvalue weighted by Crippen LogP contribution is -2.19. The first-order chi connectivity index (χ1) is 8.31. The molecule has 0 aliphatic heterocycles. The van der Waals surface area contributed by atoms with E-state index in [9.17, 15) is 0 Å². The third kappa shape index (κ3) is 13.6. The first kappa shape index (κ1) is 16.7. The molecule has 0 aromatic heterocycles. The summed E-state index contributed by atoms with van der Waals surface area (Å²) < 4.78 is 5.59. The molecule has 0 aromatic rings. The van der Waals surface area contributed by atoms with Crippen LogP contribution >= 0.6 is 0 Å². The second-order valence-electron chi connectivity index (χ2n) is 4.75. The van der Waals surface area contributed by atoms with E-state index in [1.807, 2.05) is 0 Å². The fraction of sp³-hybridized carbons (Fsp3) is 0.867. The van der Waals surface area contributed by atoms with E-state index in [1.54, 1.807) is 0 Å². The van der Waals surface area contributed by atoms with Gasteiger partial charge in [-0.2, -0.15) is 0 Å². The van der Waals surface area contributed by atoms with Crippen LogP contribution in [0.5, 0.6) is 0 Å². The molecule has 2 heteroatoms. The summed E-state index contributed by atoms with van der Waals surface area (Å²) >= 11 is 0. The zero-order valence-corrected chi connectivity index (χ0v) is 11.9. The van der Waals surface area contributed by atoms with E-state index in [0.29, 0.717) is 6.61 Å². The van der Waals surface area contributed by atoms with E-state index < -0.39 is 0 Å². The van der Waals surface area contributed by atoms with Crippen molar-refractivity contribution in [2.75, 3.05) is 26.3 Å². The lowest BCUT2D eigenvalue weighted by Gasteiger charge is -2.08. The van der Waals surface area contributed by atoms with Crippen LogP contribution in [-0.4, -0.2) is 26.3 Å². The Labute approximate surface area is 108 Å². The number of ether oxygens (including phenoxy) is 1. The summed E-state index contributed by atoms with van der Waals surface area (Å²) in [7, 11) is 0. The molecule has 0 atom stereocenters. The minimum Gasteiger partial charge on any atom is -0.377 e. The van der Waals surface area contributed by atoms with Gasteiger partial charge in [0.05, 0.1) is 6.61 Å². The maximum Gasteiger partial charge on any atom is 0.0686 e. The van der Waals surface area contributed by atoms with E-state index >= 15 is 0 Å². The molecule has 0 amide bonds. The SMILES string of the molecule is C=C(CNCCC)COCCCCCCCC. The van der Waals surface area contributed by atoms with Crippen molar-refractivity contribution in [3.63, 3.8) is 0 Å². The lowest BCUT2D eigenvalue weighted by molar-refractivity contribution is 0.150. The molecule has 0 radical (unpaired) electrons. The zero-order chi connectivity index (χ0) is 12.8. The Morgan fingerprint density at radius 1 is 1.00 bits per heavy atom. The van der Waals surface area contributed by atoms with Gasteiger partial charge in [0.2, 0.25) is 0 Å². The van der Waals surface area contributed by atoms with Crippen LogP contribution in [0, 0.1) is 0 Å². The average Bonchev–Trinajstić information content (AvgIpc) is 2.33. The van der Waals surface area contributed by atoms with Crippen LogP contribution < -0.4 is 5.32 Å². The Kier molecular flexibility index (Phi) is 13.4. The molecule has 2 nitrogen and oxygen atoms in total. The van der Waals surface area contributed by atoms with Crippen LogP contribution in [0.4, 0.5) is 0 Å². The highest BCUT2D eigenvalue weighted by molar-refractivity contribution is 4.96. The van der Waals surface area contributed by atoms with E-state index in [-0.39, 0.29) is 0 Å². The largest absolute Gasteiger partial charge is 0.377 e. The Hall–Kier alpha value is -0.340. The topological polar surface area (TPSA) is 21.3 Å². The Morgan fingerprint density at radius 3 is 2.41 bits per heavy atom. The summed E-state index contributed by atoms with van der Waals surface area (Å²) in [6, 6.07) is 0. The van der Waals surface area contributed by atoms with Crippen LogP contribution in [0.2, 0.25) is 0 Å². The molecule has 0 saturated carbocycles. The molecule has 17 heavy (non-hydrogen) atoms.